The molecule has 1 aliphatic rings. The van der Waals surface area contributed by atoms with E-state index in [9.17, 15) is 0 Å². The van der Waals surface area contributed by atoms with E-state index in [-0.39, 0.29) is 0 Å². The molecule has 6 heteroatoms. The smallest absolute Gasteiger partial charge is 0.193 e. The lowest BCUT2D eigenvalue weighted by Gasteiger charge is -2.21. The SMILES string of the molecule is CN=C(NCc1ncc(C)s1)N(C)CCOCC1CC1. The number of hydrogen-bond acceptors (Lipinski definition) is 4. The van der Waals surface area contributed by atoms with Crippen molar-refractivity contribution in [2.45, 2.75) is 26.3 Å². The summed E-state index contributed by atoms with van der Waals surface area (Å²) in [6.07, 6.45) is 4.58. The van der Waals surface area contributed by atoms with Crippen LogP contribution in [0, 0.1) is 12.8 Å². The number of aliphatic imine (C=N–C) groups is 1. The van der Waals surface area contributed by atoms with Crippen molar-refractivity contribution < 1.29 is 4.74 Å². The van der Waals surface area contributed by atoms with Crippen molar-refractivity contribution >= 4 is 17.3 Å². The number of guanidine groups is 1. The largest absolute Gasteiger partial charge is 0.379 e. The van der Waals surface area contributed by atoms with Gasteiger partial charge in [-0.3, -0.25) is 4.99 Å². The summed E-state index contributed by atoms with van der Waals surface area (Å²) in [5.74, 6) is 1.71. The monoisotopic (exact) mass is 296 g/mol. The molecule has 112 valence electrons. The molecule has 1 heterocycles. The zero-order valence-electron chi connectivity index (χ0n) is 12.6. The third-order valence-corrected chi connectivity index (χ3v) is 4.17. The van der Waals surface area contributed by atoms with Crippen LogP contribution in [0.5, 0.6) is 0 Å². The topological polar surface area (TPSA) is 49.8 Å². The summed E-state index contributed by atoms with van der Waals surface area (Å²) in [7, 11) is 3.83. The fraction of sp³-hybridized carbons (Fsp3) is 0.714. The second-order valence-electron chi connectivity index (χ2n) is 5.21. The molecular weight excluding hydrogens is 272 g/mol. The third-order valence-electron chi connectivity index (χ3n) is 3.26. The van der Waals surface area contributed by atoms with Crippen molar-refractivity contribution in [3.8, 4) is 0 Å². The number of ether oxygens (including phenoxy) is 1. The summed E-state index contributed by atoms with van der Waals surface area (Å²) < 4.78 is 5.65. The van der Waals surface area contributed by atoms with Crippen molar-refractivity contribution in [3.05, 3.63) is 16.1 Å². The summed E-state index contributed by atoms with van der Waals surface area (Å²) in [5, 5.41) is 4.41. The van der Waals surface area contributed by atoms with Gasteiger partial charge in [0.2, 0.25) is 0 Å². The number of aromatic nitrogens is 1. The Morgan fingerprint density at radius 1 is 1.60 bits per heavy atom. The molecule has 0 unspecified atom stereocenters. The van der Waals surface area contributed by atoms with Crippen LogP contribution in [0.1, 0.15) is 22.7 Å². The summed E-state index contributed by atoms with van der Waals surface area (Å²) >= 11 is 1.71. The van der Waals surface area contributed by atoms with Crippen LogP contribution in [0.3, 0.4) is 0 Å². The summed E-state index contributed by atoms with van der Waals surface area (Å²) in [6.45, 7) is 5.31. The Balaban J connectivity index is 1.66. The molecule has 1 fully saturated rings. The van der Waals surface area contributed by atoms with Crippen molar-refractivity contribution in [1.29, 1.82) is 0 Å². The van der Waals surface area contributed by atoms with E-state index in [0.29, 0.717) is 0 Å². The number of hydrogen-bond donors (Lipinski definition) is 1. The number of likely N-dealkylation sites (N-methyl/N-ethyl adjacent to an activating group) is 1. The Bertz CT molecular complexity index is 442. The van der Waals surface area contributed by atoms with Gasteiger partial charge >= 0.3 is 0 Å². The van der Waals surface area contributed by atoms with E-state index >= 15 is 0 Å². The molecule has 1 saturated carbocycles. The average Bonchev–Trinajstić information content (AvgIpc) is 3.17. The summed E-state index contributed by atoms with van der Waals surface area (Å²) in [5.41, 5.74) is 0. The fourth-order valence-corrected chi connectivity index (χ4v) is 2.59. The van der Waals surface area contributed by atoms with Crippen LogP contribution in [0.2, 0.25) is 0 Å². The molecule has 20 heavy (non-hydrogen) atoms. The molecule has 0 saturated heterocycles. The second kappa shape index (κ2) is 7.59. The number of nitrogens with zero attached hydrogens (tertiary/aromatic N) is 3. The summed E-state index contributed by atoms with van der Waals surface area (Å²) in [6, 6.07) is 0. The van der Waals surface area contributed by atoms with E-state index in [4.69, 9.17) is 4.74 Å². The third kappa shape index (κ3) is 5.09. The van der Waals surface area contributed by atoms with Crippen molar-refractivity contribution in [2.24, 2.45) is 10.9 Å². The van der Waals surface area contributed by atoms with Gasteiger partial charge in [0, 0.05) is 38.3 Å². The highest BCUT2D eigenvalue weighted by molar-refractivity contribution is 7.11. The molecule has 5 nitrogen and oxygen atoms in total. The van der Waals surface area contributed by atoms with E-state index in [2.05, 4.69) is 27.1 Å². The lowest BCUT2D eigenvalue weighted by Crippen LogP contribution is -2.40. The highest BCUT2D eigenvalue weighted by Crippen LogP contribution is 2.28. The Morgan fingerprint density at radius 3 is 3.00 bits per heavy atom. The quantitative estimate of drug-likeness (QED) is 0.474. The van der Waals surface area contributed by atoms with Crippen LogP contribution >= 0.6 is 11.3 Å². The first-order valence-electron chi connectivity index (χ1n) is 7.10. The minimum Gasteiger partial charge on any atom is -0.379 e. The lowest BCUT2D eigenvalue weighted by molar-refractivity contribution is 0.115. The number of nitrogens with one attached hydrogen (secondary N) is 1. The van der Waals surface area contributed by atoms with Crippen molar-refractivity contribution in [1.82, 2.24) is 15.2 Å². The van der Waals surface area contributed by atoms with Gasteiger partial charge in [0.15, 0.2) is 5.96 Å². The molecule has 0 radical (unpaired) electrons. The fourth-order valence-electron chi connectivity index (χ4n) is 1.86. The minimum atomic E-state index is 0.721. The normalized spacial score (nSPS) is 15.4. The van der Waals surface area contributed by atoms with Crippen LogP contribution in [0.15, 0.2) is 11.2 Å². The first kappa shape index (κ1) is 15.3. The zero-order chi connectivity index (χ0) is 14.4. The Hall–Kier alpha value is -1.14. The molecule has 0 amide bonds. The molecule has 0 bridgehead atoms. The standard InChI is InChI=1S/C14H24N4OS/c1-11-8-16-13(20-11)9-17-14(15-2)18(3)6-7-19-10-12-4-5-12/h8,12H,4-7,9-10H2,1-3H3,(H,15,17). The van der Waals surface area contributed by atoms with Gasteiger partial charge in [-0.2, -0.15) is 0 Å². The van der Waals surface area contributed by atoms with Gasteiger partial charge in [-0.1, -0.05) is 0 Å². The van der Waals surface area contributed by atoms with Crippen LogP contribution in [0.4, 0.5) is 0 Å². The molecular formula is C14H24N4OS. The minimum absolute atomic E-state index is 0.721. The molecule has 1 aliphatic carbocycles. The zero-order valence-corrected chi connectivity index (χ0v) is 13.4. The number of thiazole rings is 1. The van der Waals surface area contributed by atoms with Crippen LogP contribution in [-0.2, 0) is 11.3 Å². The van der Waals surface area contributed by atoms with E-state index in [1.807, 2.05) is 13.2 Å². The van der Waals surface area contributed by atoms with E-state index in [0.717, 1.165) is 43.2 Å². The van der Waals surface area contributed by atoms with Crippen LogP contribution in [-0.4, -0.2) is 49.7 Å². The van der Waals surface area contributed by atoms with Gasteiger partial charge in [-0.05, 0) is 25.7 Å². The van der Waals surface area contributed by atoms with E-state index in [1.165, 1.54) is 17.7 Å². The van der Waals surface area contributed by atoms with E-state index in [1.54, 1.807) is 18.4 Å². The molecule has 0 atom stereocenters. The average molecular weight is 296 g/mol. The highest BCUT2D eigenvalue weighted by atomic mass is 32.1. The predicted octanol–water partition coefficient (Wildman–Crippen LogP) is 1.89. The molecule has 0 spiro atoms. The first-order valence-corrected chi connectivity index (χ1v) is 7.91. The predicted molar refractivity (Wildman–Crippen MR) is 83.2 cm³/mol. The second-order valence-corrected chi connectivity index (χ2v) is 6.52. The lowest BCUT2D eigenvalue weighted by atomic mass is 10.5. The van der Waals surface area contributed by atoms with Crippen LogP contribution < -0.4 is 5.32 Å². The maximum atomic E-state index is 5.65. The summed E-state index contributed by atoms with van der Waals surface area (Å²) in [4.78, 5) is 12.0. The molecule has 1 aromatic heterocycles. The van der Waals surface area contributed by atoms with E-state index < -0.39 is 0 Å². The molecule has 1 N–H and O–H groups in total. The molecule has 1 aromatic rings. The Labute approximate surface area is 125 Å². The first-order chi connectivity index (χ1) is 9.69. The highest BCUT2D eigenvalue weighted by Gasteiger charge is 2.21. The molecule has 2 rings (SSSR count). The van der Waals surface area contributed by atoms with Gasteiger partial charge in [0.05, 0.1) is 13.2 Å². The number of aryl methyl sites for hydroxylation is 1. The molecule has 0 aromatic carbocycles. The maximum absolute atomic E-state index is 5.65. The van der Waals surface area contributed by atoms with Gasteiger partial charge in [-0.25, -0.2) is 4.98 Å². The Morgan fingerprint density at radius 2 is 2.40 bits per heavy atom. The van der Waals surface area contributed by atoms with Crippen molar-refractivity contribution in [3.63, 3.8) is 0 Å². The Kier molecular flexibility index (Phi) is 5.79. The van der Waals surface area contributed by atoms with Crippen molar-refractivity contribution in [2.75, 3.05) is 33.9 Å². The maximum Gasteiger partial charge on any atom is 0.193 e. The number of rotatable bonds is 7. The molecule has 0 aliphatic heterocycles. The van der Waals surface area contributed by atoms with Gasteiger partial charge in [0.1, 0.15) is 5.01 Å². The van der Waals surface area contributed by atoms with Gasteiger partial charge < -0.3 is 15.0 Å². The van der Waals surface area contributed by atoms with Gasteiger partial charge in [0.25, 0.3) is 0 Å². The van der Waals surface area contributed by atoms with Crippen LogP contribution in [0.25, 0.3) is 0 Å². The van der Waals surface area contributed by atoms with Gasteiger partial charge in [-0.15, -0.1) is 11.3 Å².